The van der Waals surface area contributed by atoms with Crippen LogP contribution in [0.25, 0.3) is 11.2 Å². The van der Waals surface area contributed by atoms with Crippen LogP contribution in [0.2, 0.25) is 0 Å². The number of nitrogens with two attached hydrogens (primary N) is 1. The second kappa shape index (κ2) is 6.60. The molecule has 1 amide bonds. The van der Waals surface area contributed by atoms with E-state index in [0.717, 1.165) is 4.57 Å². The second-order valence-corrected chi connectivity index (χ2v) is 6.00. The topological polar surface area (TPSA) is 117 Å². The fourth-order valence-electron chi connectivity index (χ4n) is 2.78. The van der Waals surface area contributed by atoms with E-state index < -0.39 is 22.7 Å². The summed E-state index contributed by atoms with van der Waals surface area (Å²) in [5.41, 5.74) is 4.71. The van der Waals surface area contributed by atoms with E-state index in [2.05, 4.69) is 10.3 Å². The third-order valence-corrected chi connectivity index (χ3v) is 4.65. The summed E-state index contributed by atoms with van der Waals surface area (Å²) in [6.07, 6.45) is 2.79. The van der Waals surface area contributed by atoms with Crippen molar-refractivity contribution in [1.29, 1.82) is 0 Å². The number of nitrogens with zero attached hydrogens (tertiary/aromatic N) is 4. The highest BCUT2D eigenvalue weighted by Crippen LogP contribution is 2.13. The van der Waals surface area contributed by atoms with Crippen molar-refractivity contribution in [2.45, 2.75) is 38.8 Å². The summed E-state index contributed by atoms with van der Waals surface area (Å²) < 4.78 is 3.72. The summed E-state index contributed by atoms with van der Waals surface area (Å²) >= 11 is 0. The lowest BCUT2D eigenvalue weighted by Gasteiger charge is -2.31. The molecule has 3 N–H and O–H groups in total. The first kappa shape index (κ1) is 17.9. The SMILES string of the molecule is CCC(CC)(CN)NC(=O)Cn1c(=O)c2c(ncn2C)n(C)c1=O. The van der Waals surface area contributed by atoms with Gasteiger partial charge in [-0.25, -0.2) is 14.3 Å². The first-order valence-electron chi connectivity index (χ1n) is 7.92. The van der Waals surface area contributed by atoms with Crippen LogP contribution in [-0.4, -0.2) is 36.7 Å². The van der Waals surface area contributed by atoms with Crippen molar-refractivity contribution in [3.8, 4) is 0 Å². The number of carbonyl (C=O) groups is 1. The maximum absolute atomic E-state index is 12.6. The highest BCUT2D eigenvalue weighted by atomic mass is 16.2. The zero-order valence-corrected chi connectivity index (χ0v) is 14.5. The number of nitrogens with one attached hydrogen (secondary N) is 1. The van der Waals surface area contributed by atoms with Crippen molar-refractivity contribution in [2.75, 3.05) is 6.54 Å². The fraction of sp³-hybridized carbons (Fsp3) is 0.600. The monoisotopic (exact) mass is 336 g/mol. The molecule has 0 spiro atoms. The Morgan fingerprint density at radius 1 is 1.29 bits per heavy atom. The molecule has 0 aliphatic heterocycles. The molecule has 0 fully saturated rings. The van der Waals surface area contributed by atoms with Crippen LogP contribution in [0.1, 0.15) is 26.7 Å². The summed E-state index contributed by atoms with van der Waals surface area (Å²) in [5, 5.41) is 2.86. The minimum absolute atomic E-state index is 0.279. The molecule has 2 aromatic rings. The highest BCUT2D eigenvalue weighted by Gasteiger charge is 2.27. The van der Waals surface area contributed by atoms with Crippen LogP contribution >= 0.6 is 0 Å². The fourth-order valence-corrected chi connectivity index (χ4v) is 2.78. The predicted octanol–water partition coefficient (Wildman–Crippen LogP) is -0.933. The number of carbonyl (C=O) groups excluding carboxylic acids is 1. The number of fused-ring (bicyclic) bond motifs is 1. The van der Waals surface area contributed by atoms with Crippen molar-refractivity contribution in [3.63, 3.8) is 0 Å². The van der Waals surface area contributed by atoms with E-state index in [1.807, 2.05) is 13.8 Å². The second-order valence-electron chi connectivity index (χ2n) is 6.00. The standard InChI is InChI=1S/C15H24N6O3/c1-5-15(6-2,8-16)18-10(22)7-21-13(23)11-12(17-9-19(11)3)20(4)14(21)24/h9H,5-8,16H2,1-4H3,(H,18,22). The van der Waals surface area contributed by atoms with Gasteiger partial charge in [0.25, 0.3) is 5.56 Å². The third kappa shape index (κ3) is 2.86. The van der Waals surface area contributed by atoms with E-state index in [1.165, 1.54) is 22.5 Å². The van der Waals surface area contributed by atoms with E-state index >= 15 is 0 Å². The molecular formula is C15H24N6O3. The van der Waals surface area contributed by atoms with Gasteiger partial charge in [-0.1, -0.05) is 13.8 Å². The molecule has 0 saturated carbocycles. The van der Waals surface area contributed by atoms with Gasteiger partial charge in [-0.15, -0.1) is 0 Å². The number of imidazole rings is 1. The number of amides is 1. The van der Waals surface area contributed by atoms with E-state index in [4.69, 9.17) is 5.73 Å². The van der Waals surface area contributed by atoms with Crippen LogP contribution < -0.4 is 22.3 Å². The molecule has 0 radical (unpaired) electrons. The zero-order valence-electron chi connectivity index (χ0n) is 14.5. The van der Waals surface area contributed by atoms with Gasteiger partial charge in [0.05, 0.1) is 11.9 Å². The lowest BCUT2D eigenvalue weighted by Crippen LogP contribution is -2.55. The maximum atomic E-state index is 12.6. The number of hydrogen-bond acceptors (Lipinski definition) is 5. The Morgan fingerprint density at radius 3 is 2.46 bits per heavy atom. The first-order valence-corrected chi connectivity index (χ1v) is 7.92. The minimum atomic E-state index is -0.576. The summed E-state index contributed by atoms with van der Waals surface area (Å²) in [4.78, 5) is 41.4. The van der Waals surface area contributed by atoms with Crippen molar-refractivity contribution in [1.82, 2.24) is 24.0 Å². The van der Waals surface area contributed by atoms with Gasteiger partial charge in [0.2, 0.25) is 5.91 Å². The number of rotatable bonds is 6. The molecule has 0 unspecified atom stereocenters. The van der Waals surface area contributed by atoms with Gasteiger partial charge in [-0.05, 0) is 12.8 Å². The van der Waals surface area contributed by atoms with Gasteiger partial charge in [0.1, 0.15) is 6.54 Å². The molecule has 0 bridgehead atoms. The number of hydrogen-bond donors (Lipinski definition) is 2. The Labute approximate surface area is 139 Å². The summed E-state index contributed by atoms with van der Waals surface area (Å²) in [6.45, 7) is 3.81. The smallest absolute Gasteiger partial charge is 0.332 e. The van der Waals surface area contributed by atoms with Gasteiger partial charge < -0.3 is 15.6 Å². The normalized spacial score (nSPS) is 11.9. The Kier molecular flexibility index (Phi) is 4.93. The third-order valence-electron chi connectivity index (χ3n) is 4.65. The van der Waals surface area contributed by atoms with Crippen LogP contribution in [0, 0.1) is 0 Å². The maximum Gasteiger partial charge on any atom is 0.332 e. The molecule has 132 valence electrons. The van der Waals surface area contributed by atoms with Crippen LogP contribution in [0.4, 0.5) is 0 Å². The quantitative estimate of drug-likeness (QED) is 0.706. The van der Waals surface area contributed by atoms with E-state index in [9.17, 15) is 14.4 Å². The van der Waals surface area contributed by atoms with Crippen molar-refractivity contribution < 1.29 is 4.79 Å². The lowest BCUT2D eigenvalue weighted by atomic mass is 9.93. The van der Waals surface area contributed by atoms with Crippen LogP contribution in [0.5, 0.6) is 0 Å². The largest absolute Gasteiger partial charge is 0.348 e. The molecule has 0 atom stereocenters. The molecule has 0 aliphatic carbocycles. The van der Waals surface area contributed by atoms with E-state index in [1.54, 1.807) is 7.05 Å². The van der Waals surface area contributed by atoms with Gasteiger partial charge in [-0.3, -0.25) is 14.2 Å². The zero-order chi connectivity index (χ0) is 18.1. The average Bonchev–Trinajstić information content (AvgIpc) is 2.96. The molecule has 9 nitrogen and oxygen atoms in total. The van der Waals surface area contributed by atoms with E-state index in [-0.39, 0.29) is 12.1 Å². The van der Waals surface area contributed by atoms with Gasteiger partial charge >= 0.3 is 5.69 Å². The molecule has 2 rings (SSSR count). The molecule has 0 saturated heterocycles. The molecular weight excluding hydrogens is 312 g/mol. The summed E-state index contributed by atoms with van der Waals surface area (Å²) in [5.74, 6) is -0.412. The minimum Gasteiger partial charge on any atom is -0.348 e. The van der Waals surface area contributed by atoms with Gasteiger partial charge in [-0.2, -0.15) is 0 Å². The molecule has 0 aromatic carbocycles. The highest BCUT2D eigenvalue weighted by molar-refractivity contribution is 5.77. The average molecular weight is 336 g/mol. The Hall–Kier alpha value is -2.42. The molecule has 9 heteroatoms. The molecule has 2 aromatic heterocycles. The molecule has 24 heavy (non-hydrogen) atoms. The van der Waals surface area contributed by atoms with Gasteiger partial charge in [0.15, 0.2) is 11.2 Å². The Bertz CT molecular complexity index is 863. The summed E-state index contributed by atoms with van der Waals surface area (Å²) in [6, 6.07) is 0. The predicted molar refractivity (Wildman–Crippen MR) is 90.7 cm³/mol. The van der Waals surface area contributed by atoms with Crippen LogP contribution in [-0.2, 0) is 25.4 Å². The van der Waals surface area contributed by atoms with Crippen molar-refractivity contribution in [3.05, 3.63) is 27.2 Å². The van der Waals surface area contributed by atoms with Gasteiger partial charge in [0, 0.05) is 20.6 Å². The Balaban J connectivity index is 2.44. The van der Waals surface area contributed by atoms with Crippen LogP contribution in [0.15, 0.2) is 15.9 Å². The Morgan fingerprint density at radius 2 is 1.92 bits per heavy atom. The number of aromatic nitrogens is 4. The van der Waals surface area contributed by atoms with Crippen molar-refractivity contribution in [2.24, 2.45) is 19.8 Å². The molecule has 0 aliphatic rings. The first-order chi connectivity index (χ1) is 11.3. The van der Waals surface area contributed by atoms with E-state index in [0.29, 0.717) is 25.0 Å². The van der Waals surface area contributed by atoms with Crippen LogP contribution in [0.3, 0.4) is 0 Å². The van der Waals surface area contributed by atoms with Crippen molar-refractivity contribution >= 4 is 17.1 Å². The molecule has 2 heterocycles. The lowest BCUT2D eigenvalue weighted by molar-refractivity contribution is -0.123. The number of aryl methyl sites for hydroxylation is 2. The summed E-state index contributed by atoms with van der Waals surface area (Å²) in [7, 11) is 3.19.